The van der Waals surface area contributed by atoms with Gasteiger partial charge >= 0.3 is 0 Å². The Bertz CT molecular complexity index is 455. The zero-order chi connectivity index (χ0) is 15.2. The molecule has 0 spiro atoms. The zero-order valence-electron chi connectivity index (χ0n) is 13.1. The molecule has 0 fully saturated rings. The Labute approximate surface area is 121 Å². The lowest BCUT2D eigenvalue weighted by Crippen LogP contribution is -2.36. The van der Waals surface area contributed by atoms with Gasteiger partial charge in [0.05, 0.1) is 13.7 Å². The van der Waals surface area contributed by atoms with Crippen LogP contribution in [0.3, 0.4) is 0 Å². The van der Waals surface area contributed by atoms with Gasteiger partial charge in [-0.15, -0.1) is 0 Å². The van der Waals surface area contributed by atoms with Crippen molar-refractivity contribution in [1.82, 2.24) is 5.48 Å². The van der Waals surface area contributed by atoms with E-state index < -0.39 is 5.41 Å². The average molecular weight is 279 g/mol. The van der Waals surface area contributed by atoms with E-state index in [4.69, 9.17) is 4.74 Å². The highest BCUT2D eigenvalue weighted by Gasteiger charge is 2.27. The fourth-order valence-corrected chi connectivity index (χ4v) is 1.90. The minimum absolute atomic E-state index is 0.105. The fourth-order valence-electron chi connectivity index (χ4n) is 1.90. The van der Waals surface area contributed by atoms with Crippen LogP contribution >= 0.6 is 0 Å². The molecule has 0 aliphatic rings. The maximum absolute atomic E-state index is 11.8. The first kappa shape index (κ1) is 16.5. The highest BCUT2D eigenvalue weighted by atomic mass is 16.6. The van der Waals surface area contributed by atoms with Gasteiger partial charge in [0.2, 0.25) is 5.91 Å². The van der Waals surface area contributed by atoms with Crippen LogP contribution < -0.4 is 10.2 Å². The molecule has 20 heavy (non-hydrogen) atoms. The van der Waals surface area contributed by atoms with Crippen LogP contribution in [0.1, 0.15) is 37.8 Å². The first-order valence-corrected chi connectivity index (χ1v) is 6.90. The molecule has 1 aromatic rings. The number of benzene rings is 1. The van der Waals surface area contributed by atoms with E-state index in [1.807, 2.05) is 33.8 Å². The first-order valence-electron chi connectivity index (χ1n) is 6.90. The average Bonchev–Trinajstić information content (AvgIpc) is 2.39. The van der Waals surface area contributed by atoms with Crippen molar-refractivity contribution in [2.24, 2.45) is 5.41 Å². The molecule has 0 radical (unpaired) electrons. The summed E-state index contributed by atoms with van der Waals surface area (Å²) in [5.41, 5.74) is 4.24. The predicted octanol–water partition coefficient (Wildman–Crippen LogP) is 3.17. The third-order valence-electron chi connectivity index (χ3n) is 3.36. The summed E-state index contributed by atoms with van der Waals surface area (Å²) in [6.45, 7) is 8.49. The van der Waals surface area contributed by atoms with Crippen LogP contribution in [-0.4, -0.2) is 19.6 Å². The van der Waals surface area contributed by atoms with Gasteiger partial charge in [0.1, 0.15) is 5.75 Å². The molecule has 0 aromatic heterocycles. The Morgan fingerprint density at radius 1 is 1.30 bits per heavy atom. The Hall–Kier alpha value is -1.55. The molecule has 1 N–H and O–H groups in total. The number of amides is 1. The van der Waals surface area contributed by atoms with E-state index in [2.05, 4.69) is 22.5 Å². The fraction of sp³-hybridized carbons (Fsp3) is 0.562. The van der Waals surface area contributed by atoms with Crippen molar-refractivity contribution >= 4 is 5.91 Å². The van der Waals surface area contributed by atoms with Crippen molar-refractivity contribution in [1.29, 1.82) is 0 Å². The molecule has 0 atom stereocenters. The summed E-state index contributed by atoms with van der Waals surface area (Å²) in [4.78, 5) is 16.4. The summed E-state index contributed by atoms with van der Waals surface area (Å²) in [6.07, 6.45) is 1.56. The van der Waals surface area contributed by atoms with Crippen LogP contribution in [0, 0.1) is 19.3 Å². The maximum atomic E-state index is 11.8. The zero-order valence-corrected chi connectivity index (χ0v) is 13.1. The molecular weight excluding hydrogens is 254 g/mol. The monoisotopic (exact) mass is 279 g/mol. The van der Waals surface area contributed by atoms with Crippen molar-refractivity contribution in [3.63, 3.8) is 0 Å². The number of hydrogen-bond acceptors (Lipinski definition) is 3. The summed E-state index contributed by atoms with van der Waals surface area (Å²) in [6, 6.07) is 6.17. The lowest BCUT2D eigenvalue weighted by Gasteiger charge is -2.22. The van der Waals surface area contributed by atoms with Crippen LogP contribution in [0.5, 0.6) is 5.75 Å². The first-order chi connectivity index (χ1) is 9.36. The number of hydrogen-bond donors (Lipinski definition) is 1. The van der Waals surface area contributed by atoms with Gasteiger partial charge in [-0.05, 0) is 43.9 Å². The van der Waals surface area contributed by atoms with E-state index in [1.165, 1.54) is 12.7 Å². The molecule has 0 aliphatic heterocycles. The lowest BCUT2D eigenvalue weighted by atomic mass is 9.87. The highest BCUT2D eigenvalue weighted by molar-refractivity contribution is 5.80. The normalized spacial score (nSPS) is 11.2. The lowest BCUT2D eigenvalue weighted by molar-refractivity contribution is -0.140. The maximum Gasteiger partial charge on any atom is 0.249 e. The largest absolute Gasteiger partial charge is 0.493 e. The smallest absolute Gasteiger partial charge is 0.249 e. The Morgan fingerprint density at radius 3 is 2.65 bits per heavy atom. The third-order valence-corrected chi connectivity index (χ3v) is 3.36. The standard InChI is InChI=1S/C16H25NO3/c1-12-7-8-13(2)14(11-12)20-10-6-9-16(3,4)15(18)17-19-5/h7-8,11H,6,9-10H2,1-5H3,(H,17,18). The molecule has 0 bridgehead atoms. The second kappa shape index (κ2) is 7.29. The molecule has 0 saturated heterocycles. The van der Waals surface area contributed by atoms with Gasteiger partial charge in [0.15, 0.2) is 0 Å². The minimum atomic E-state index is -0.457. The molecular formula is C16H25NO3. The van der Waals surface area contributed by atoms with Crippen molar-refractivity contribution in [3.05, 3.63) is 29.3 Å². The van der Waals surface area contributed by atoms with E-state index in [0.29, 0.717) is 6.61 Å². The van der Waals surface area contributed by atoms with Crippen LogP contribution in [0.15, 0.2) is 18.2 Å². The topological polar surface area (TPSA) is 47.6 Å². The van der Waals surface area contributed by atoms with Crippen LogP contribution in [0.2, 0.25) is 0 Å². The van der Waals surface area contributed by atoms with Gasteiger partial charge < -0.3 is 4.74 Å². The quantitative estimate of drug-likeness (QED) is 0.616. The molecule has 4 nitrogen and oxygen atoms in total. The molecule has 1 rings (SSSR count). The summed E-state index contributed by atoms with van der Waals surface area (Å²) in [5.74, 6) is 0.816. The van der Waals surface area contributed by atoms with Crippen LogP contribution in [0.25, 0.3) is 0 Å². The minimum Gasteiger partial charge on any atom is -0.493 e. The van der Waals surface area contributed by atoms with Crippen LogP contribution in [-0.2, 0) is 9.63 Å². The number of carbonyl (C=O) groups is 1. The predicted molar refractivity (Wildman–Crippen MR) is 79.6 cm³/mol. The number of hydroxylamine groups is 1. The molecule has 0 aliphatic carbocycles. The van der Waals surface area contributed by atoms with E-state index in [-0.39, 0.29) is 5.91 Å². The summed E-state index contributed by atoms with van der Waals surface area (Å²) >= 11 is 0. The second-order valence-corrected chi connectivity index (χ2v) is 5.74. The number of ether oxygens (including phenoxy) is 1. The summed E-state index contributed by atoms with van der Waals surface area (Å²) in [7, 11) is 1.44. The summed E-state index contributed by atoms with van der Waals surface area (Å²) in [5, 5.41) is 0. The van der Waals surface area contributed by atoms with Crippen molar-refractivity contribution in [3.8, 4) is 5.75 Å². The molecule has 0 heterocycles. The van der Waals surface area contributed by atoms with Crippen molar-refractivity contribution in [2.75, 3.05) is 13.7 Å². The number of aryl methyl sites for hydroxylation is 2. The molecule has 112 valence electrons. The third kappa shape index (κ3) is 4.85. The number of carbonyl (C=O) groups excluding carboxylic acids is 1. The van der Waals surface area contributed by atoms with Gasteiger partial charge in [0.25, 0.3) is 0 Å². The Morgan fingerprint density at radius 2 is 2.00 bits per heavy atom. The van der Waals surface area contributed by atoms with Gasteiger partial charge in [-0.25, -0.2) is 5.48 Å². The molecule has 0 unspecified atom stereocenters. The second-order valence-electron chi connectivity index (χ2n) is 5.74. The number of nitrogens with one attached hydrogen (secondary N) is 1. The van der Waals surface area contributed by atoms with Crippen molar-refractivity contribution < 1.29 is 14.4 Å². The van der Waals surface area contributed by atoms with Crippen LogP contribution in [0.4, 0.5) is 0 Å². The van der Waals surface area contributed by atoms with Gasteiger partial charge in [-0.1, -0.05) is 26.0 Å². The highest BCUT2D eigenvalue weighted by Crippen LogP contribution is 2.24. The van der Waals surface area contributed by atoms with E-state index >= 15 is 0 Å². The Kier molecular flexibility index (Phi) is 6.02. The van der Waals surface area contributed by atoms with Gasteiger partial charge in [-0.2, -0.15) is 0 Å². The SMILES string of the molecule is CONC(=O)C(C)(C)CCCOc1cc(C)ccc1C. The van der Waals surface area contributed by atoms with Crippen molar-refractivity contribution in [2.45, 2.75) is 40.5 Å². The molecule has 0 saturated carbocycles. The molecule has 1 aromatic carbocycles. The Balaban J connectivity index is 2.41. The van der Waals surface area contributed by atoms with E-state index in [1.54, 1.807) is 0 Å². The summed E-state index contributed by atoms with van der Waals surface area (Å²) < 4.78 is 5.79. The molecule has 4 heteroatoms. The molecule has 1 amide bonds. The van der Waals surface area contributed by atoms with Gasteiger partial charge in [0, 0.05) is 5.41 Å². The van der Waals surface area contributed by atoms with E-state index in [9.17, 15) is 4.79 Å². The van der Waals surface area contributed by atoms with Gasteiger partial charge in [-0.3, -0.25) is 9.63 Å². The number of rotatable bonds is 7. The van der Waals surface area contributed by atoms with E-state index in [0.717, 1.165) is 24.2 Å².